The third-order valence-electron chi connectivity index (χ3n) is 3.15. The largest absolute Gasteiger partial charge is 0.417 e. The highest BCUT2D eigenvalue weighted by atomic mass is 32.1. The number of hydrogen-bond donors (Lipinski definition) is 2. The molecule has 0 saturated heterocycles. The van der Waals surface area contributed by atoms with Gasteiger partial charge in [0, 0.05) is 10.6 Å². The number of aromatic amines is 1. The summed E-state index contributed by atoms with van der Waals surface area (Å²) in [5.74, 6) is -0.434. The Morgan fingerprint density at radius 3 is 2.90 bits per heavy atom. The monoisotopic (exact) mass is 289 g/mol. The Bertz CT molecular complexity index is 815. The molecule has 0 spiro atoms. The molecule has 0 aliphatic rings. The molecule has 0 saturated carbocycles. The van der Waals surface area contributed by atoms with E-state index in [-0.39, 0.29) is 6.04 Å². The van der Waals surface area contributed by atoms with Gasteiger partial charge >= 0.3 is 5.76 Å². The molecule has 0 bridgehead atoms. The second kappa shape index (κ2) is 4.79. The third kappa shape index (κ3) is 2.34. The summed E-state index contributed by atoms with van der Waals surface area (Å²) in [6.45, 7) is 6.16. The highest BCUT2D eigenvalue weighted by Crippen LogP contribution is 2.26. The van der Waals surface area contributed by atoms with Crippen LogP contribution in [0.5, 0.6) is 0 Å². The van der Waals surface area contributed by atoms with Gasteiger partial charge in [-0.2, -0.15) is 0 Å². The Kier molecular flexibility index (Phi) is 3.10. The van der Waals surface area contributed by atoms with Crippen molar-refractivity contribution in [3.63, 3.8) is 0 Å². The van der Waals surface area contributed by atoms with Crippen LogP contribution in [-0.4, -0.2) is 9.97 Å². The van der Waals surface area contributed by atoms with Crippen LogP contribution in [0.1, 0.15) is 28.5 Å². The van der Waals surface area contributed by atoms with Crippen molar-refractivity contribution in [3.8, 4) is 0 Å². The zero-order chi connectivity index (χ0) is 14.3. The number of anilines is 1. The number of nitrogens with one attached hydrogen (secondary N) is 2. The number of oxazole rings is 1. The van der Waals surface area contributed by atoms with Crippen LogP contribution in [0.25, 0.3) is 11.1 Å². The van der Waals surface area contributed by atoms with E-state index < -0.39 is 5.76 Å². The molecule has 0 aliphatic carbocycles. The van der Waals surface area contributed by atoms with Gasteiger partial charge < -0.3 is 9.73 Å². The van der Waals surface area contributed by atoms with E-state index in [0.29, 0.717) is 11.1 Å². The van der Waals surface area contributed by atoms with Gasteiger partial charge in [-0.25, -0.2) is 9.78 Å². The summed E-state index contributed by atoms with van der Waals surface area (Å²) >= 11 is 1.70. The van der Waals surface area contributed by atoms with Gasteiger partial charge in [-0.15, -0.1) is 11.3 Å². The predicted molar refractivity (Wildman–Crippen MR) is 80.5 cm³/mol. The second-order valence-electron chi connectivity index (χ2n) is 4.77. The van der Waals surface area contributed by atoms with Gasteiger partial charge in [-0.3, -0.25) is 4.98 Å². The lowest BCUT2D eigenvalue weighted by Gasteiger charge is -2.14. The zero-order valence-electron chi connectivity index (χ0n) is 11.5. The minimum Gasteiger partial charge on any atom is -0.408 e. The Balaban J connectivity index is 1.88. The van der Waals surface area contributed by atoms with Gasteiger partial charge in [0.1, 0.15) is 0 Å². The van der Waals surface area contributed by atoms with E-state index in [1.807, 2.05) is 19.1 Å². The summed E-state index contributed by atoms with van der Waals surface area (Å²) in [4.78, 5) is 19.6. The molecule has 3 rings (SSSR count). The minimum absolute atomic E-state index is 0.107. The third-order valence-corrected chi connectivity index (χ3v) is 4.05. The molecule has 6 heteroatoms. The minimum atomic E-state index is -0.434. The van der Waals surface area contributed by atoms with Gasteiger partial charge in [0.25, 0.3) is 0 Å². The molecule has 1 atom stereocenters. The first-order chi connectivity index (χ1) is 9.52. The number of aromatic nitrogens is 2. The first kappa shape index (κ1) is 12.9. The Morgan fingerprint density at radius 1 is 1.40 bits per heavy atom. The number of nitrogens with zero attached hydrogens (tertiary/aromatic N) is 1. The molecule has 2 N–H and O–H groups in total. The summed E-state index contributed by atoms with van der Waals surface area (Å²) in [5, 5.41) is 4.46. The quantitative estimate of drug-likeness (QED) is 0.775. The first-order valence-electron chi connectivity index (χ1n) is 6.36. The molecule has 5 nitrogen and oxygen atoms in total. The first-order valence-corrected chi connectivity index (χ1v) is 7.18. The van der Waals surface area contributed by atoms with E-state index in [1.165, 1.54) is 4.88 Å². The van der Waals surface area contributed by atoms with E-state index >= 15 is 0 Å². The molecule has 104 valence electrons. The van der Waals surface area contributed by atoms with Crippen LogP contribution in [0.15, 0.2) is 27.4 Å². The SMILES string of the molecule is Cc1nc(C(C)Nc2ccc3oc(=O)[nH]c3c2)c(C)s1. The van der Waals surface area contributed by atoms with Crippen molar-refractivity contribution in [2.24, 2.45) is 0 Å². The van der Waals surface area contributed by atoms with Gasteiger partial charge in [-0.05, 0) is 39.0 Å². The Morgan fingerprint density at radius 2 is 2.20 bits per heavy atom. The summed E-state index contributed by atoms with van der Waals surface area (Å²) < 4.78 is 4.99. The number of benzene rings is 1. The lowest BCUT2D eigenvalue weighted by Crippen LogP contribution is -2.08. The highest BCUT2D eigenvalue weighted by molar-refractivity contribution is 7.11. The smallest absolute Gasteiger partial charge is 0.408 e. The van der Waals surface area contributed by atoms with E-state index in [0.717, 1.165) is 16.4 Å². The lowest BCUT2D eigenvalue weighted by atomic mass is 10.2. The molecule has 20 heavy (non-hydrogen) atoms. The second-order valence-corrected chi connectivity index (χ2v) is 6.17. The molecule has 0 aliphatic heterocycles. The normalized spacial score (nSPS) is 12.8. The maximum atomic E-state index is 11.1. The van der Waals surface area contributed by atoms with Gasteiger partial charge in [0.15, 0.2) is 5.58 Å². The van der Waals surface area contributed by atoms with Crippen molar-refractivity contribution < 1.29 is 4.42 Å². The maximum absolute atomic E-state index is 11.1. The number of hydrogen-bond acceptors (Lipinski definition) is 5. The molecular formula is C14H15N3O2S. The van der Waals surface area contributed by atoms with Crippen LogP contribution >= 0.6 is 11.3 Å². The fourth-order valence-electron chi connectivity index (χ4n) is 2.31. The fraction of sp³-hybridized carbons (Fsp3) is 0.286. The average Bonchev–Trinajstić information content (AvgIpc) is 2.90. The number of thiazole rings is 1. The topological polar surface area (TPSA) is 70.9 Å². The summed E-state index contributed by atoms with van der Waals surface area (Å²) in [6.07, 6.45) is 0. The van der Waals surface area contributed by atoms with E-state index in [1.54, 1.807) is 17.4 Å². The zero-order valence-corrected chi connectivity index (χ0v) is 12.3. The highest BCUT2D eigenvalue weighted by Gasteiger charge is 2.13. The van der Waals surface area contributed by atoms with Crippen LogP contribution in [0.3, 0.4) is 0 Å². The van der Waals surface area contributed by atoms with Gasteiger partial charge in [-0.1, -0.05) is 0 Å². The number of rotatable bonds is 3. The van der Waals surface area contributed by atoms with Crippen LogP contribution < -0.4 is 11.1 Å². The molecule has 2 aromatic heterocycles. The number of fused-ring (bicyclic) bond motifs is 1. The number of aryl methyl sites for hydroxylation is 2. The maximum Gasteiger partial charge on any atom is 0.417 e. The van der Waals surface area contributed by atoms with Crippen molar-refractivity contribution in [1.82, 2.24) is 9.97 Å². The standard InChI is InChI=1S/C14H15N3O2S/c1-7(13-8(2)20-9(3)16-13)15-10-4-5-12-11(6-10)17-14(18)19-12/h4-7,15H,1-3H3,(H,17,18). The molecule has 2 heterocycles. The van der Waals surface area contributed by atoms with Crippen molar-refractivity contribution in [2.45, 2.75) is 26.8 Å². The van der Waals surface area contributed by atoms with Crippen LogP contribution in [0, 0.1) is 13.8 Å². The van der Waals surface area contributed by atoms with E-state index in [2.05, 4.69) is 29.1 Å². The molecule has 1 aromatic carbocycles. The molecule has 0 fully saturated rings. The van der Waals surface area contributed by atoms with Crippen molar-refractivity contribution >= 4 is 28.1 Å². The molecular weight excluding hydrogens is 274 g/mol. The molecule has 1 unspecified atom stereocenters. The van der Waals surface area contributed by atoms with Gasteiger partial charge in [0.2, 0.25) is 0 Å². The predicted octanol–water partition coefficient (Wildman–Crippen LogP) is 3.37. The Labute approximate surface area is 119 Å². The average molecular weight is 289 g/mol. The van der Waals surface area contributed by atoms with E-state index in [4.69, 9.17) is 4.42 Å². The number of H-pyrrole nitrogens is 1. The fourth-order valence-corrected chi connectivity index (χ4v) is 3.22. The Hall–Kier alpha value is -2.08. The van der Waals surface area contributed by atoms with Crippen molar-refractivity contribution in [3.05, 3.63) is 44.3 Å². The lowest BCUT2D eigenvalue weighted by molar-refractivity contribution is 0.555. The molecule has 0 radical (unpaired) electrons. The summed E-state index contributed by atoms with van der Waals surface area (Å²) in [5.41, 5.74) is 3.24. The van der Waals surface area contributed by atoms with Crippen LogP contribution in [0.2, 0.25) is 0 Å². The molecule has 3 aromatic rings. The van der Waals surface area contributed by atoms with Crippen LogP contribution in [0.4, 0.5) is 5.69 Å². The van der Waals surface area contributed by atoms with Crippen molar-refractivity contribution in [1.29, 1.82) is 0 Å². The van der Waals surface area contributed by atoms with Gasteiger partial charge in [0.05, 0.1) is 22.3 Å². The summed E-state index contributed by atoms with van der Waals surface area (Å²) in [7, 11) is 0. The van der Waals surface area contributed by atoms with E-state index in [9.17, 15) is 4.79 Å². The van der Waals surface area contributed by atoms with Crippen LogP contribution in [-0.2, 0) is 0 Å². The summed E-state index contributed by atoms with van der Waals surface area (Å²) in [6, 6.07) is 5.65. The molecule has 0 amide bonds. The van der Waals surface area contributed by atoms with Crippen molar-refractivity contribution in [2.75, 3.05) is 5.32 Å².